The van der Waals surface area contributed by atoms with Gasteiger partial charge in [-0.25, -0.2) is 8.78 Å². The van der Waals surface area contributed by atoms with E-state index in [2.05, 4.69) is 5.32 Å². The van der Waals surface area contributed by atoms with Gasteiger partial charge in [0, 0.05) is 28.8 Å². The van der Waals surface area contributed by atoms with Gasteiger partial charge in [0.05, 0.1) is 10.8 Å². The van der Waals surface area contributed by atoms with Gasteiger partial charge in [-0.15, -0.1) is 0 Å². The summed E-state index contributed by atoms with van der Waals surface area (Å²) in [6, 6.07) is 12.4. The van der Waals surface area contributed by atoms with Gasteiger partial charge in [-0.2, -0.15) is 0 Å². The lowest BCUT2D eigenvalue weighted by Gasteiger charge is -2.03. The molecule has 3 nitrogen and oxygen atoms in total. The predicted octanol–water partition coefficient (Wildman–Crippen LogP) is 2.90. The van der Waals surface area contributed by atoms with Crippen molar-refractivity contribution >= 4 is 22.8 Å². The molecule has 0 fully saturated rings. The molecule has 0 aromatic heterocycles. The van der Waals surface area contributed by atoms with E-state index in [4.69, 9.17) is 0 Å². The molecular weight excluding hydrogens is 320 g/mol. The number of hydrogen-bond donors (Lipinski definition) is 1. The van der Waals surface area contributed by atoms with Gasteiger partial charge in [-0.05, 0) is 30.3 Å². The third-order valence-electron chi connectivity index (χ3n) is 2.99. The van der Waals surface area contributed by atoms with Crippen LogP contribution in [0.25, 0.3) is 6.08 Å². The zero-order chi connectivity index (χ0) is 16.7. The van der Waals surface area contributed by atoms with Crippen LogP contribution in [-0.2, 0) is 15.6 Å². The summed E-state index contributed by atoms with van der Waals surface area (Å²) in [5.41, 5.74) is -0.268. The summed E-state index contributed by atoms with van der Waals surface area (Å²) >= 11 is 0. The van der Waals surface area contributed by atoms with E-state index in [1.807, 2.05) is 6.07 Å². The average Bonchev–Trinajstić information content (AvgIpc) is 2.55. The molecule has 0 saturated carbocycles. The Morgan fingerprint density at radius 1 is 1.04 bits per heavy atom. The van der Waals surface area contributed by atoms with Gasteiger partial charge in [0.2, 0.25) is 5.91 Å². The molecule has 0 aliphatic carbocycles. The van der Waals surface area contributed by atoms with Crippen LogP contribution in [0.2, 0.25) is 0 Å². The van der Waals surface area contributed by atoms with Crippen molar-refractivity contribution in [2.45, 2.75) is 4.90 Å². The molecule has 23 heavy (non-hydrogen) atoms. The van der Waals surface area contributed by atoms with E-state index in [-0.39, 0.29) is 17.9 Å². The SMILES string of the molecule is O=C(C=Cc1c(F)cccc1F)NCCS(=O)c1ccccc1. The maximum absolute atomic E-state index is 13.4. The quantitative estimate of drug-likeness (QED) is 0.825. The lowest BCUT2D eigenvalue weighted by molar-refractivity contribution is -0.116. The lowest BCUT2D eigenvalue weighted by Crippen LogP contribution is -2.25. The van der Waals surface area contributed by atoms with E-state index in [9.17, 15) is 17.8 Å². The number of carbonyl (C=O) groups excluding carboxylic acids is 1. The zero-order valence-electron chi connectivity index (χ0n) is 12.2. The zero-order valence-corrected chi connectivity index (χ0v) is 13.0. The smallest absolute Gasteiger partial charge is 0.244 e. The van der Waals surface area contributed by atoms with Crippen molar-refractivity contribution in [3.63, 3.8) is 0 Å². The Labute approximate surface area is 135 Å². The van der Waals surface area contributed by atoms with Gasteiger partial charge in [-0.1, -0.05) is 24.3 Å². The number of amides is 1. The van der Waals surface area contributed by atoms with Crippen LogP contribution in [-0.4, -0.2) is 22.4 Å². The summed E-state index contributed by atoms with van der Waals surface area (Å²) in [6.45, 7) is 0.199. The molecule has 0 aliphatic rings. The molecule has 0 radical (unpaired) electrons. The number of benzene rings is 2. The molecular formula is C17H15F2NO2S. The fourth-order valence-corrected chi connectivity index (χ4v) is 2.83. The van der Waals surface area contributed by atoms with Crippen molar-refractivity contribution in [2.24, 2.45) is 0 Å². The van der Waals surface area contributed by atoms with Gasteiger partial charge in [0.1, 0.15) is 11.6 Å². The summed E-state index contributed by atoms with van der Waals surface area (Å²) in [4.78, 5) is 12.3. The fourth-order valence-electron chi connectivity index (χ4n) is 1.84. The molecule has 2 aromatic rings. The van der Waals surface area contributed by atoms with Gasteiger partial charge >= 0.3 is 0 Å². The summed E-state index contributed by atoms with van der Waals surface area (Å²) in [5.74, 6) is -1.71. The second-order valence-electron chi connectivity index (χ2n) is 4.62. The van der Waals surface area contributed by atoms with Crippen LogP contribution < -0.4 is 5.32 Å². The van der Waals surface area contributed by atoms with Crippen molar-refractivity contribution in [1.29, 1.82) is 0 Å². The lowest BCUT2D eigenvalue weighted by atomic mass is 10.2. The summed E-state index contributed by atoms with van der Waals surface area (Å²) in [6.07, 6.45) is 2.13. The van der Waals surface area contributed by atoms with Crippen molar-refractivity contribution in [1.82, 2.24) is 5.32 Å². The van der Waals surface area contributed by atoms with Crippen molar-refractivity contribution < 1.29 is 17.8 Å². The number of rotatable bonds is 6. The van der Waals surface area contributed by atoms with E-state index in [0.29, 0.717) is 4.90 Å². The Morgan fingerprint density at radius 2 is 1.70 bits per heavy atom. The Morgan fingerprint density at radius 3 is 2.35 bits per heavy atom. The van der Waals surface area contributed by atoms with Gasteiger partial charge in [-0.3, -0.25) is 9.00 Å². The highest BCUT2D eigenvalue weighted by atomic mass is 32.2. The molecule has 1 N–H and O–H groups in total. The van der Waals surface area contributed by atoms with Crippen LogP contribution in [0.5, 0.6) is 0 Å². The van der Waals surface area contributed by atoms with Crippen molar-refractivity contribution in [3.8, 4) is 0 Å². The maximum Gasteiger partial charge on any atom is 0.244 e. The van der Waals surface area contributed by atoms with Gasteiger partial charge < -0.3 is 5.32 Å². The van der Waals surface area contributed by atoms with E-state index >= 15 is 0 Å². The first-order valence-electron chi connectivity index (χ1n) is 6.91. The van der Waals surface area contributed by atoms with E-state index in [1.54, 1.807) is 24.3 Å². The predicted molar refractivity (Wildman–Crippen MR) is 86.1 cm³/mol. The second-order valence-corrected chi connectivity index (χ2v) is 6.19. The third-order valence-corrected chi connectivity index (χ3v) is 4.37. The molecule has 2 aromatic carbocycles. The number of halogens is 2. The van der Waals surface area contributed by atoms with E-state index in [1.165, 1.54) is 6.07 Å². The van der Waals surface area contributed by atoms with Crippen molar-refractivity contribution in [3.05, 3.63) is 71.8 Å². The van der Waals surface area contributed by atoms with Crippen LogP contribution in [0.1, 0.15) is 5.56 Å². The molecule has 1 atom stereocenters. The Kier molecular flexibility index (Phi) is 6.17. The highest BCUT2D eigenvalue weighted by Crippen LogP contribution is 2.13. The first kappa shape index (κ1) is 17.0. The third kappa shape index (κ3) is 5.10. The molecule has 0 saturated heterocycles. The minimum absolute atomic E-state index is 0.199. The molecule has 1 unspecified atom stereocenters. The monoisotopic (exact) mass is 335 g/mol. The molecule has 2 rings (SSSR count). The highest BCUT2D eigenvalue weighted by Gasteiger charge is 2.06. The van der Waals surface area contributed by atoms with Crippen LogP contribution in [0.15, 0.2) is 59.5 Å². The summed E-state index contributed by atoms with van der Waals surface area (Å²) < 4.78 is 38.7. The molecule has 0 spiro atoms. The van der Waals surface area contributed by atoms with Crippen LogP contribution in [0.4, 0.5) is 8.78 Å². The minimum Gasteiger partial charge on any atom is -0.352 e. The Bertz CT molecular complexity index is 712. The van der Waals surface area contributed by atoms with Crippen LogP contribution in [0.3, 0.4) is 0 Å². The summed E-state index contributed by atoms with van der Waals surface area (Å²) in [5, 5.41) is 2.53. The van der Waals surface area contributed by atoms with E-state index < -0.39 is 28.3 Å². The Balaban J connectivity index is 1.84. The fraction of sp³-hybridized carbons (Fsp3) is 0.118. The average molecular weight is 335 g/mol. The molecule has 6 heteroatoms. The first-order chi connectivity index (χ1) is 11.1. The topological polar surface area (TPSA) is 46.2 Å². The number of carbonyl (C=O) groups is 1. The Hall–Kier alpha value is -2.34. The second kappa shape index (κ2) is 8.33. The maximum atomic E-state index is 13.4. The van der Waals surface area contributed by atoms with Crippen molar-refractivity contribution in [2.75, 3.05) is 12.3 Å². The van der Waals surface area contributed by atoms with E-state index in [0.717, 1.165) is 24.3 Å². The first-order valence-corrected chi connectivity index (χ1v) is 8.23. The molecule has 1 amide bonds. The standard InChI is InChI=1S/C17H15F2NO2S/c18-15-7-4-8-16(19)14(15)9-10-17(21)20-11-12-23(22)13-5-2-1-3-6-13/h1-10H,11-12H2,(H,20,21). The summed E-state index contributed by atoms with van der Waals surface area (Å²) in [7, 11) is -1.21. The molecule has 0 aliphatic heterocycles. The molecule has 0 bridgehead atoms. The minimum atomic E-state index is -1.21. The highest BCUT2D eigenvalue weighted by molar-refractivity contribution is 7.85. The number of hydrogen-bond acceptors (Lipinski definition) is 2. The van der Waals surface area contributed by atoms with Crippen LogP contribution >= 0.6 is 0 Å². The van der Waals surface area contributed by atoms with Gasteiger partial charge in [0.25, 0.3) is 0 Å². The van der Waals surface area contributed by atoms with Gasteiger partial charge in [0.15, 0.2) is 0 Å². The molecule has 120 valence electrons. The van der Waals surface area contributed by atoms with Crippen LogP contribution in [0, 0.1) is 11.6 Å². The largest absolute Gasteiger partial charge is 0.352 e. The number of nitrogens with one attached hydrogen (secondary N) is 1. The molecule has 0 heterocycles. The normalized spacial score (nSPS) is 12.3.